The molecule has 0 bridgehead atoms. The van der Waals surface area contributed by atoms with Crippen LogP contribution in [0.3, 0.4) is 0 Å². The molecule has 0 saturated heterocycles. The van der Waals surface area contributed by atoms with E-state index in [1.165, 1.54) is 0 Å². The molecule has 0 aliphatic carbocycles. The second kappa shape index (κ2) is 8.52. The van der Waals surface area contributed by atoms with Gasteiger partial charge in [-0.25, -0.2) is 4.79 Å². The van der Waals surface area contributed by atoms with Crippen LogP contribution in [-0.2, 0) is 14.9 Å². The van der Waals surface area contributed by atoms with E-state index in [1.807, 2.05) is 24.3 Å². The fourth-order valence-corrected chi connectivity index (χ4v) is 2.64. The average Bonchev–Trinajstić information content (AvgIpc) is 2.60. The van der Waals surface area contributed by atoms with Gasteiger partial charge >= 0.3 is 5.97 Å². The lowest BCUT2D eigenvalue weighted by atomic mass is 9.86. The number of hydrogen-bond donors (Lipinski definition) is 2. The first kappa shape index (κ1) is 19.5. The third kappa shape index (κ3) is 5.09. The number of benzene rings is 2. The molecule has 26 heavy (non-hydrogen) atoms. The first-order valence-electron chi connectivity index (χ1n) is 8.72. The number of carbonyl (C=O) groups is 2. The normalized spacial score (nSPS) is 10.9. The number of carbonyl (C=O) groups excluding carboxylic acids is 2. The van der Waals surface area contributed by atoms with Crippen molar-refractivity contribution in [1.29, 1.82) is 0 Å². The highest BCUT2D eigenvalue weighted by Gasteiger charge is 2.19. The molecule has 1 amide bonds. The summed E-state index contributed by atoms with van der Waals surface area (Å²) in [5.74, 6) is -0.588. The first-order valence-corrected chi connectivity index (χ1v) is 8.72. The van der Waals surface area contributed by atoms with E-state index >= 15 is 0 Å². The van der Waals surface area contributed by atoms with E-state index in [0.717, 1.165) is 11.3 Å². The second-order valence-electron chi connectivity index (χ2n) is 6.96. The van der Waals surface area contributed by atoms with Crippen molar-refractivity contribution in [2.75, 3.05) is 23.8 Å². The Morgan fingerprint density at radius 1 is 0.962 bits per heavy atom. The molecule has 0 fully saturated rings. The van der Waals surface area contributed by atoms with E-state index in [9.17, 15) is 9.59 Å². The Labute approximate surface area is 154 Å². The molecule has 0 spiro atoms. The summed E-state index contributed by atoms with van der Waals surface area (Å²) in [6, 6.07) is 14.8. The number of nitrogens with one attached hydrogen (secondary N) is 2. The molecule has 0 unspecified atom stereocenters. The van der Waals surface area contributed by atoms with Crippen LogP contribution in [0.5, 0.6) is 0 Å². The molecular formula is C21H26N2O3. The summed E-state index contributed by atoms with van der Waals surface area (Å²) in [4.78, 5) is 24.4. The lowest BCUT2D eigenvalue weighted by Gasteiger charge is -2.23. The molecule has 5 nitrogen and oxygen atoms in total. The number of ether oxygens (including phenoxy) is 1. The van der Waals surface area contributed by atoms with Crippen LogP contribution in [0.15, 0.2) is 48.5 Å². The fraction of sp³-hybridized carbons (Fsp3) is 0.333. The number of hydrogen-bond acceptors (Lipinski definition) is 4. The van der Waals surface area contributed by atoms with Gasteiger partial charge in [0.15, 0.2) is 0 Å². The SMILES string of the molecule is CCOC(=O)c1ccccc1NCC(=O)Nc1ccccc1C(C)(C)C. The van der Waals surface area contributed by atoms with Crippen molar-refractivity contribution >= 4 is 23.3 Å². The zero-order valence-electron chi connectivity index (χ0n) is 15.8. The zero-order chi connectivity index (χ0) is 19.2. The van der Waals surface area contributed by atoms with Gasteiger partial charge in [-0.05, 0) is 36.1 Å². The van der Waals surface area contributed by atoms with Crippen LogP contribution < -0.4 is 10.6 Å². The van der Waals surface area contributed by atoms with Gasteiger partial charge in [-0.2, -0.15) is 0 Å². The zero-order valence-corrected chi connectivity index (χ0v) is 15.8. The van der Waals surface area contributed by atoms with Crippen molar-refractivity contribution in [3.8, 4) is 0 Å². The van der Waals surface area contributed by atoms with E-state index in [4.69, 9.17) is 4.74 Å². The van der Waals surface area contributed by atoms with E-state index in [0.29, 0.717) is 17.9 Å². The molecule has 0 heterocycles. The maximum absolute atomic E-state index is 12.4. The molecule has 2 aromatic carbocycles. The topological polar surface area (TPSA) is 67.4 Å². The molecule has 2 rings (SSSR count). The van der Waals surface area contributed by atoms with Crippen LogP contribution >= 0.6 is 0 Å². The Morgan fingerprint density at radius 2 is 1.58 bits per heavy atom. The Kier molecular flexibility index (Phi) is 6.39. The molecule has 138 valence electrons. The highest BCUT2D eigenvalue weighted by molar-refractivity contribution is 5.98. The van der Waals surface area contributed by atoms with Gasteiger partial charge in [-0.15, -0.1) is 0 Å². The summed E-state index contributed by atoms with van der Waals surface area (Å²) in [7, 11) is 0. The molecule has 2 aromatic rings. The standard InChI is InChI=1S/C21H26N2O3/c1-5-26-20(25)15-10-6-8-12-17(15)22-14-19(24)23-18-13-9-7-11-16(18)21(2,3)4/h6-13,22H,5,14H2,1-4H3,(H,23,24). The minimum absolute atomic E-state index is 0.0505. The molecule has 0 radical (unpaired) electrons. The number of para-hydroxylation sites is 2. The fourth-order valence-electron chi connectivity index (χ4n) is 2.64. The van der Waals surface area contributed by atoms with Crippen molar-refractivity contribution in [1.82, 2.24) is 0 Å². The minimum atomic E-state index is -0.408. The van der Waals surface area contributed by atoms with Crippen LogP contribution in [0.2, 0.25) is 0 Å². The second-order valence-corrected chi connectivity index (χ2v) is 6.96. The van der Waals surface area contributed by atoms with Gasteiger partial charge in [0.25, 0.3) is 0 Å². The van der Waals surface area contributed by atoms with Crippen LogP contribution in [0.1, 0.15) is 43.6 Å². The number of anilines is 2. The van der Waals surface area contributed by atoms with Crippen molar-refractivity contribution in [2.45, 2.75) is 33.1 Å². The molecule has 0 atom stereocenters. The summed E-state index contributed by atoms with van der Waals surface area (Å²) in [5.41, 5.74) is 2.78. The number of esters is 1. The van der Waals surface area contributed by atoms with E-state index in [2.05, 4.69) is 31.4 Å². The summed E-state index contributed by atoms with van der Waals surface area (Å²) < 4.78 is 5.04. The van der Waals surface area contributed by atoms with E-state index in [1.54, 1.807) is 31.2 Å². The predicted octanol–water partition coefficient (Wildman–Crippen LogP) is 4.21. The lowest BCUT2D eigenvalue weighted by Crippen LogP contribution is -2.25. The Hall–Kier alpha value is -2.82. The van der Waals surface area contributed by atoms with Gasteiger partial charge in [-0.1, -0.05) is 51.1 Å². The molecule has 0 aliphatic rings. The third-order valence-electron chi connectivity index (χ3n) is 3.87. The van der Waals surface area contributed by atoms with Crippen LogP contribution in [0, 0.1) is 0 Å². The maximum atomic E-state index is 12.4. The highest BCUT2D eigenvalue weighted by Crippen LogP contribution is 2.29. The minimum Gasteiger partial charge on any atom is -0.462 e. The summed E-state index contributed by atoms with van der Waals surface area (Å²) in [6.45, 7) is 8.42. The summed E-state index contributed by atoms with van der Waals surface area (Å²) in [6.07, 6.45) is 0. The Morgan fingerprint density at radius 3 is 2.23 bits per heavy atom. The molecule has 0 saturated carbocycles. The largest absolute Gasteiger partial charge is 0.462 e. The predicted molar refractivity (Wildman–Crippen MR) is 105 cm³/mol. The van der Waals surface area contributed by atoms with E-state index in [-0.39, 0.29) is 17.9 Å². The number of rotatable bonds is 6. The number of amides is 1. The highest BCUT2D eigenvalue weighted by atomic mass is 16.5. The lowest BCUT2D eigenvalue weighted by molar-refractivity contribution is -0.114. The van der Waals surface area contributed by atoms with Gasteiger partial charge in [0.1, 0.15) is 0 Å². The van der Waals surface area contributed by atoms with Crippen LogP contribution in [0.4, 0.5) is 11.4 Å². The van der Waals surface area contributed by atoms with E-state index < -0.39 is 5.97 Å². The van der Waals surface area contributed by atoms with Crippen molar-refractivity contribution in [3.63, 3.8) is 0 Å². The smallest absolute Gasteiger partial charge is 0.340 e. The van der Waals surface area contributed by atoms with Gasteiger partial charge < -0.3 is 15.4 Å². The monoisotopic (exact) mass is 354 g/mol. The molecule has 0 aliphatic heterocycles. The van der Waals surface area contributed by atoms with Gasteiger partial charge in [0.2, 0.25) is 5.91 Å². The van der Waals surface area contributed by atoms with Gasteiger partial charge in [0, 0.05) is 11.4 Å². The third-order valence-corrected chi connectivity index (χ3v) is 3.87. The van der Waals surface area contributed by atoms with Crippen molar-refractivity contribution in [3.05, 3.63) is 59.7 Å². The Balaban J connectivity index is 2.06. The quantitative estimate of drug-likeness (QED) is 0.763. The molecule has 0 aromatic heterocycles. The van der Waals surface area contributed by atoms with Crippen molar-refractivity contribution in [2.24, 2.45) is 0 Å². The average molecular weight is 354 g/mol. The summed E-state index contributed by atoms with van der Waals surface area (Å²) >= 11 is 0. The van der Waals surface area contributed by atoms with Crippen molar-refractivity contribution < 1.29 is 14.3 Å². The van der Waals surface area contributed by atoms with Gasteiger partial charge in [-0.3, -0.25) is 4.79 Å². The molecular weight excluding hydrogens is 328 g/mol. The maximum Gasteiger partial charge on any atom is 0.340 e. The molecule has 2 N–H and O–H groups in total. The molecule has 5 heteroatoms. The van der Waals surface area contributed by atoms with Crippen LogP contribution in [-0.4, -0.2) is 25.0 Å². The Bertz CT molecular complexity index is 779. The first-order chi connectivity index (χ1) is 12.3. The van der Waals surface area contributed by atoms with Crippen LogP contribution in [0.25, 0.3) is 0 Å². The van der Waals surface area contributed by atoms with Gasteiger partial charge in [0.05, 0.1) is 18.7 Å². The summed E-state index contributed by atoms with van der Waals surface area (Å²) in [5, 5.41) is 5.96.